The number of para-hydroxylation sites is 1. The smallest absolute Gasteiger partial charge is 0.117 e. The highest BCUT2D eigenvalue weighted by Gasteiger charge is 2.10. The SMILES string of the molecule is OC(CSc1ncnc2ccccc12)c1ccccc1. The summed E-state index contributed by atoms with van der Waals surface area (Å²) in [6.07, 6.45) is 1.08. The van der Waals surface area contributed by atoms with Gasteiger partial charge in [0.05, 0.1) is 11.6 Å². The quantitative estimate of drug-likeness (QED) is 0.588. The molecule has 1 unspecified atom stereocenters. The first-order valence-corrected chi connectivity index (χ1v) is 7.39. The monoisotopic (exact) mass is 282 g/mol. The summed E-state index contributed by atoms with van der Waals surface area (Å²) in [5.41, 5.74) is 1.86. The summed E-state index contributed by atoms with van der Waals surface area (Å²) in [5, 5.41) is 12.1. The number of hydrogen-bond acceptors (Lipinski definition) is 4. The molecule has 0 aliphatic heterocycles. The molecule has 1 heterocycles. The third-order valence-electron chi connectivity index (χ3n) is 3.07. The number of aliphatic hydroxyl groups excluding tert-OH is 1. The van der Waals surface area contributed by atoms with Crippen molar-refractivity contribution in [3.05, 3.63) is 66.5 Å². The van der Waals surface area contributed by atoms with E-state index in [1.807, 2.05) is 54.6 Å². The fourth-order valence-electron chi connectivity index (χ4n) is 2.02. The van der Waals surface area contributed by atoms with Gasteiger partial charge in [-0.1, -0.05) is 48.5 Å². The molecule has 0 aliphatic carbocycles. The molecule has 20 heavy (non-hydrogen) atoms. The Morgan fingerprint density at radius 3 is 2.55 bits per heavy atom. The summed E-state index contributed by atoms with van der Waals surface area (Å²) in [6, 6.07) is 17.6. The number of aliphatic hydroxyl groups is 1. The first kappa shape index (κ1) is 13.1. The Kier molecular flexibility index (Phi) is 3.95. The lowest BCUT2D eigenvalue weighted by molar-refractivity contribution is 0.204. The van der Waals surface area contributed by atoms with Crippen molar-refractivity contribution in [2.45, 2.75) is 11.1 Å². The van der Waals surface area contributed by atoms with Gasteiger partial charge in [0.1, 0.15) is 11.4 Å². The van der Waals surface area contributed by atoms with E-state index in [4.69, 9.17) is 0 Å². The van der Waals surface area contributed by atoms with Crippen LogP contribution in [0.1, 0.15) is 11.7 Å². The Balaban J connectivity index is 1.77. The highest BCUT2D eigenvalue weighted by molar-refractivity contribution is 7.99. The van der Waals surface area contributed by atoms with Gasteiger partial charge in [0, 0.05) is 11.1 Å². The van der Waals surface area contributed by atoms with Crippen LogP contribution in [0.15, 0.2) is 66.0 Å². The summed E-state index contributed by atoms with van der Waals surface area (Å²) in [7, 11) is 0. The minimum atomic E-state index is -0.491. The van der Waals surface area contributed by atoms with Crippen LogP contribution in [0, 0.1) is 0 Å². The molecule has 3 rings (SSSR count). The highest BCUT2D eigenvalue weighted by Crippen LogP contribution is 2.27. The van der Waals surface area contributed by atoms with Gasteiger partial charge in [0.2, 0.25) is 0 Å². The van der Waals surface area contributed by atoms with Crippen LogP contribution in [0.5, 0.6) is 0 Å². The van der Waals surface area contributed by atoms with Crippen LogP contribution in [-0.4, -0.2) is 20.8 Å². The maximum Gasteiger partial charge on any atom is 0.117 e. The van der Waals surface area contributed by atoms with Crippen LogP contribution in [-0.2, 0) is 0 Å². The fourth-order valence-corrected chi connectivity index (χ4v) is 2.98. The van der Waals surface area contributed by atoms with E-state index in [-0.39, 0.29) is 0 Å². The van der Waals surface area contributed by atoms with E-state index >= 15 is 0 Å². The molecule has 1 aromatic heterocycles. The van der Waals surface area contributed by atoms with Gasteiger partial charge in [0.15, 0.2) is 0 Å². The maximum absolute atomic E-state index is 10.2. The lowest BCUT2D eigenvalue weighted by Crippen LogP contribution is -2.00. The molecule has 4 heteroatoms. The van der Waals surface area contributed by atoms with Gasteiger partial charge in [-0.15, -0.1) is 11.8 Å². The van der Waals surface area contributed by atoms with Crippen LogP contribution in [0.2, 0.25) is 0 Å². The molecule has 0 saturated heterocycles. The van der Waals surface area contributed by atoms with Gasteiger partial charge in [-0.3, -0.25) is 0 Å². The Labute approximate surface area is 121 Å². The number of fused-ring (bicyclic) bond motifs is 1. The maximum atomic E-state index is 10.2. The molecular weight excluding hydrogens is 268 g/mol. The predicted molar refractivity (Wildman–Crippen MR) is 81.7 cm³/mol. The van der Waals surface area contributed by atoms with Crippen molar-refractivity contribution in [2.75, 3.05) is 5.75 Å². The molecule has 0 bridgehead atoms. The average Bonchev–Trinajstić information content (AvgIpc) is 2.53. The van der Waals surface area contributed by atoms with Crippen LogP contribution < -0.4 is 0 Å². The van der Waals surface area contributed by atoms with Crippen LogP contribution >= 0.6 is 11.8 Å². The number of aromatic nitrogens is 2. The lowest BCUT2D eigenvalue weighted by atomic mass is 10.1. The number of benzene rings is 2. The molecule has 0 radical (unpaired) electrons. The van der Waals surface area contributed by atoms with Gasteiger partial charge >= 0.3 is 0 Å². The second kappa shape index (κ2) is 6.03. The second-order valence-corrected chi connectivity index (χ2v) is 5.44. The van der Waals surface area contributed by atoms with E-state index < -0.39 is 6.10 Å². The zero-order valence-corrected chi connectivity index (χ0v) is 11.6. The predicted octanol–water partition coefficient (Wildman–Crippen LogP) is 3.46. The van der Waals surface area contributed by atoms with E-state index in [9.17, 15) is 5.11 Å². The van der Waals surface area contributed by atoms with Crippen LogP contribution in [0.25, 0.3) is 10.9 Å². The minimum absolute atomic E-state index is 0.491. The number of nitrogens with zero attached hydrogens (tertiary/aromatic N) is 2. The number of hydrogen-bond donors (Lipinski definition) is 1. The second-order valence-electron chi connectivity index (χ2n) is 4.43. The number of thioether (sulfide) groups is 1. The summed E-state index contributed by atoms with van der Waals surface area (Å²) in [6.45, 7) is 0. The van der Waals surface area contributed by atoms with E-state index in [1.54, 1.807) is 18.1 Å². The first-order chi connectivity index (χ1) is 9.84. The normalized spacial score (nSPS) is 12.4. The summed E-state index contributed by atoms with van der Waals surface area (Å²) >= 11 is 1.55. The molecule has 1 N–H and O–H groups in total. The van der Waals surface area contributed by atoms with E-state index in [2.05, 4.69) is 9.97 Å². The molecule has 0 saturated carbocycles. The molecule has 0 amide bonds. The third kappa shape index (κ3) is 2.81. The van der Waals surface area contributed by atoms with Gasteiger partial charge in [-0.05, 0) is 11.6 Å². The molecule has 1 atom stereocenters. The summed E-state index contributed by atoms with van der Waals surface area (Å²) < 4.78 is 0. The van der Waals surface area contributed by atoms with E-state index in [1.165, 1.54) is 0 Å². The number of rotatable bonds is 4. The van der Waals surface area contributed by atoms with E-state index in [0.717, 1.165) is 21.5 Å². The van der Waals surface area contributed by atoms with Crippen LogP contribution in [0.4, 0.5) is 0 Å². The third-order valence-corrected chi connectivity index (χ3v) is 4.15. The Bertz CT molecular complexity index is 698. The van der Waals surface area contributed by atoms with Crippen molar-refractivity contribution in [3.63, 3.8) is 0 Å². The van der Waals surface area contributed by atoms with Crippen molar-refractivity contribution >= 4 is 22.7 Å². The van der Waals surface area contributed by atoms with Crippen molar-refractivity contribution in [1.82, 2.24) is 9.97 Å². The highest BCUT2D eigenvalue weighted by atomic mass is 32.2. The van der Waals surface area contributed by atoms with Crippen LogP contribution in [0.3, 0.4) is 0 Å². The fraction of sp³-hybridized carbons (Fsp3) is 0.125. The van der Waals surface area contributed by atoms with Gasteiger partial charge < -0.3 is 5.11 Å². The Hall–Kier alpha value is -1.91. The molecule has 3 nitrogen and oxygen atoms in total. The van der Waals surface area contributed by atoms with Crippen molar-refractivity contribution in [1.29, 1.82) is 0 Å². The standard InChI is InChI=1S/C16H14N2OS/c19-15(12-6-2-1-3-7-12)10-20-16-13-8-4-5-9-14(13)17-11-18-16/h1-9,11,15,19H,10H2. The summed E-state index contributed by atoms with van der Waals surface area (Å²) in [4.78, 5) is 8.55. The van der Waals surface area contributed by atoms with Crippen molar-refractivity contribution < 1.29 is 5.11 Å². The van der Waals surface area contributed by atoms with Gasteiger partial charge in [-0.2, -0.15) is 0 Å². The molecule has 0 fully saturated rings. The molecule has 3 aromatic rings. The zero-order valence-electron chi connectivity index (χ0n) is 10.8. The molecule has 2 aromatic carbocycles. The van der Waals surface area contributed by atoms with Gasteiger partial charge in [0.25, 0.3) is 0 Å². The first-order valence-electron chi connectivity index (χ1n) is 6.40. The average molecular weight is 282 g/mol. The molecule has 0 aliphatic rings. The Morgan fingerprint density at radius 1 is 0.950 bits per heavy atom. The minimum Gasteiger partial charge on any atom is -0.388 e. The Morgan fingerprint density at radius 2 is 1.70 bits per heavy atom. The van der Waals surface area contributed by atoms with Crippen molar-refractivity contribution in [2.24, 2.45) is 0 Å². The largest absolute Gasteiger partial charge is 0.388 e. The summed E-state index contributed by atoms with van der Waals surface area (Å²) in [5.74, 6) is 0.574. The van der Waals surface area contributed by atoms with E-state index in [0.29, 0.717) is 5.75 Å². The topological polar surface area (TPSA) is 46.0 Å². The lowest BCUT2D eigenvalue weighted by Gasteiger charge is -2.10. The molecule has 0 spiro atoms. The molecular formula is C16H14N2OS. The molecule has 100 valence electrons. The van der Waals surface area contributed by atoms with Crippen molar-refractivity contribution in [3.8, 4) is 0 Å². The zero-order chi connectivity index (χ0) is 13.8. The van der Waals surface area contributed by atoms with Gasteiger partial charge in [-0.25, -0.2) is 9.97 Å².